The topological polar surface area (TPSA) is 0 Å². The van der Waals surface area contributed by atoms with Crippen LogP contribution < -0.4 is 9.41 Å². The van der Waals surface area contributed by atoms with Gasteiger partial charge in [-0.05, 0) is 0 Å². The number of halogens is 2. The van der Waals surface area contributed by atoms with E-state index in [9.17, 15) is 0 Å². The first-order valence-electron chi connectivity index (χ1n) is 4.03. The average molecular weight is 251 g/mol. The fourth-order valence-electron chi connectivity index (χ4n) is 1.00. The summed E-state index contributed by atoms with van der Waals surface area (Å²) in [7, 11) is 0. The molecule has 1 aliphatic rings. The zero-order valence-corrected chi connectivity index (χ0v) is 9.77. The molecule has 0 fully saturated rings. The summed E-state index contributed by atoms with van der Waals surface area (Å²) in [5.74, 6) is 0. The Bertz CT molecular complexity index is 153. The zero-order valence-electron chi connectivity index (χ0n) is 7.32. The maximum absolute atomic E-state index is 2.34. The minimum Gasteiger partial charge on any atom is -1.00 e. The number of rotatable bonds is 4. The molecule has 0 saturated heterocycles. The minimum atomic E-state index is -0.0811. The fourth-order valence-corrected chi connectivity index (χ4v) is 4.27. The Kier molecular flexibility index (Phi) is 11.4. The SMILES string of the molecule is CCC[CH2][Zr+2][C]1=CC=CC1.[F-].[F-]. The molecule has 0 N–H and O–H groups in total. The molecule has 12 heavy (non-hydrogen) atoms. The molecule has 68 valence electrons. The van der Waals surface area contributed by atoms with Crippen LogP contribution in [0.1, 0.15) is 26.2 Å². The van der Waals surface area contributed by atoms with Gasteiger partial charge in [0.25, 0.3) is 0 Å². The fraction of sp³-hybridized carbons (Fsp3) is 0.556. The molecule has 1 aliphatic carbocycles. The molecule has 0 aromatic rings. The Balaban J connectivity index is 0. The van der Waals surface area contributed by atoms with Gasteiger partial charge in [-0.25, -0.2) is 0 Å². The van der Waals surface area contributed by atoms with Crippen molar-refractivity contribution in [3.05, 3.63) is 21.5 Å². The first-order chi connectivity index (χ1) is 4.93. The molecule has 0 bridgehead atoms. The molecule has 0 nitrogen and oxygen atoms in total. The summed E-state index contributed by atoms with van der Waals surface area (Å²) in [5.41, 5.74) is 0. The van der Waals surface area contributed by atoms with Crippen LogP contribution >= 0.6 is 0 Å². The van der Waals surface area contributed by atoms with Crippen LogP contribution in [-0.2, 0) is 23.2 Å². The van der Waals surface area contributed by atoms with Gasteiger partial charge in [0, 0.05) is 0 Å². The standard InChI is InChI=1S/C5H5.C4H9.2FH.Zr/c1-2-4-5-3-1;1-3-4-2;;;/h1-3H,4H2;1,3-4H2,2H3;2*1H;/q;;;;+2/p-2. The smallest absolute Gasteiger partial charge is 1.00 e. The van der Waals surface area contributed by atoms with Crippen LogP contribution in [0.5, 0.6) is 0 Å². The quantitative estimate of drug-likeness (QED) is 0.472. The first-order valence-corrected chi connectivity index (χ1v) is 6.99. The van der Waals surface area contributed by atoms with Crippen LogP contribution in [0.15, 0.2) is 21.5 Å². The number of hydrogen-bond acceptors (Lipinski definition) is 0. The molecular formula is C9H14F2Zr. The van der Waals surface area contributed by atoms with Gasteiger partial charge in [0.05, 0.1) is 0 Å². The summed E-state index contributed by atoms with van der Waals surface area (Å²) in [6.45, 7) is 2.28. The van der Waals surface area contributed by atoms with E-state index < -0.39 is 0 Å². The van der Waals surface area contributed by atoms with E-state index in [0.29, 0.717) is 0 Å². The predicted octanol–water partition coefficient (Wildman–Crippen LogP) is -2.86. The van der Waals surface area contributed by atoms with Gasteiger partial charge in [-0.15, -0.1) is 0 Å². The van der Waals surface area contributed by atoms with E-state index in [-0.39, 0.29) is 32.6 Å². The van der Waals surface area contributed by atoms with Crippen LogP contribution in [0.4, 0.5) is 0 Å². The molecular weight excluding hydrogens is 237 g/mol. The molecule has 0 aromatic carbocycles. The van der Waals surface area contributed by atoms with E-state index in [0.717, 1.165) is 0 Å². The molecule has 0 heterocycles. The Hall–Kier alpha value is 0.223. The van der Waals surface area contributed by atoms with Crippen molar-refractivity contribution in [2.45, 2.75) is 30.3 Å². The van der Waals surface area contributed by atoms with E-state index in [1.54, 1.807) is 7.41 Å². The monoisotopic (exact) mass is 250 g/mol. The summed E-state index contributed by atoms with van der Waals surface area (Å²) in [6.07, 6.45) is 11.0. The molecule has 3 heteroatoms. The van der Waals surface area contributed by atoms with Crippen molar-refractivity contribution in [2.75, 3.05) is 0 Å². The maximum Gasteiger partial charge on any atom is -1.00 e. The van der Waals surface area contributed by atoms with E-state index in [1.807, 2.05) is 0 Å². The Morgan fingerprint density at radius 2 is 2.17 bits per heavy atom. The Morgan fingerprint density at radius 3 is 2.67 bits per heavy atom. The van der Waals surface area contributed by atoms with E-state index in [4.69, 9.17) is 0 Å². The second-order valence-corrected chi connectivity index (χ2v) is 6.28. The van der Waals surface area contributed by atoms with Gasteiger partial charge in [0.2, 0.25) is 0 Å². The van der Waals surface area contributed by atoms with Crippen molar-refractivity contribution in [2.24, 2.45) is 0 Å². The van der Waals surface area contributed by atoms with Crippen LogP contribution in [0, 0.1) is 0 Å². The largest absolute Gasteiger partial charge is 1.00 e. The van der Waals surface area contributed by atoms with Crippen molar-refractivity contribution in [3.8, 4) is 0 Å². The maximum atomic E-state index is 2.34. The van der Waals surface area contributed by atoms with Gasteiger partial charge >= 0.3 is 75.1 Å². The number of hydrogen-bond donors (Lipinski definition) is 0. The molecule has 1 rings (SSSR count). The molecule has 0 unspecified atom stereocenters. The van der Waals surface area contributed by atoms with Crippen molar-refractivity contribution in [1.82, 2.24) is 0 Å². The van der Waals surface area contributed by atoms with Gasteiger partial charge in [0.1, 0.15) is 0 Å². The summed E-state index contributed by atoms with van der Waals surface area (Å²) >= 11 is -0.0811. The summed E-state index contributed by atoms with van der Waals surface area (Å²) in [6, 6.07) is 0. The normalized spacial score (nSPS) is 12.6. The molecule has 0 aliphatic heterocycles. The van der Waals surface area contributed by atoms with Crippen LogP contribution in [0.2, 0.25) is 4.13 Å². The zero-order chi connectivity index (χ0) is 7.23. The van der Waals surface area contributed by atoms with E-state index in [2.05, 4.69) is 25.2 Å². The second-order valence-electron chi connectivity index (χ2n) is 2.60. The summed E-state index contributed by atoms with van der Waals surface area (Å²) < 4.78 is 3.34. The van der Waals surface area contributed by atoms with E-state index in [1.165, 1.54) is 19.3 Å². The number of allylic oxidation sites excluding steroid dienone is 4. The third-order valence-corrected chi connectivity index (χ3v) is 5.16. The van der Waals surface area contributed by atoms with Gasteiger partial charge in [-0.2, -0.15) is 0 Å². The van der Waals surface area contributed by atoms with Gasteiger partial charge < -0.3 is 9.41 Å². The van der Waals surface area contributed by atoms with Gasteiger partial charge in [-0.1, -0.05) is 0 Å². The molecule has 0 saturated carbocycles. The van der Waals surface area contributed by atoms with Crippen LogP contribution in [0.25, 0.3) is 0 Å². The van der Waals surface area contributed by atoms with E-state index >= 15 is 0 Å². The second kappa shape index (κ2) is 9.31. The van der Waals surface area contributed by atoms with Gasteiger partial charge in [-0.3, -0.25) is 0 Å². The first kappa shape index (κ1) is 14.7. The predicted molar refractivity (Wildman–Crippen MR) is 41.6 cm³/mol. The third kappa shape index (κ3) is 5.82. The van der Waals surface area contributed by atoms with Crippen LogP contribution in [0.3, 0.4) is 0 Å². The van der Waals surface area contributed by atoms with Crippen LogP contribution in [-0.4, -0.2) is 0 Å². The molecule has 0 aromatic heterocycles. The summed E-state index contributed by atoms with van der Waals surface area (Å²) in [4.78, 5) is 0. The number of unbranched alkanes of at least 4 members (excludes halogenated alkanes) is 1. The van der Waals surface area contributed by atoms with Crippen molar-refractivity contribution < 1.29 is 32.6 Å². The van der Waals surface area contributed by atoms with Gasteiger partial charge in [0.15, 0.2) is 0 Å². The van der Waals surface area contributed by atoms with Crippen molar-refractivity contribution in [1.29, 1.82) is 0 Å². The molecule has 0 amide bonds. The van der Waals surface area contributed by atoms with Crippen molar-refractivity contribution >= 4 is 0 Å². The molecule has 0 atom stereocenters. The molecule has 0 spiro atoms. The third-order valence-electron chi connectivity index (χ3n) is 1.65. The van der Waals surface area contributed by atoms with Crippen molar-refractivity contribution in [3.63, 3.8) is 0 Å². The average Bonchev–Trinajstić information content (AvgIpc) is 2.41. The Morgan fingerprint density at radius 1 is 1.42 bits per heavy atom. The Labute approximate surface area is 84.4 Å². The summed E-state index contributed by atoms with van der Waals surface area (Å²) in [5, 5.41) is 0. The molecule has 0 radical (unpaired) electrons. The minimum absolute atomic E-state index is 0.